The summed E-state index contributed by atoms with van der Waals surface area (Å²) in [6.07, 6.45) is 4.56. The number of nitrogens with zero attached hydrogens (tertiary/aromatic N) is 2. The highest BCUT2D eigenvalue weighted by molar-refractivity contribution is 5.77. The monoisotopic (exact) mass is 197 g/mol. The zero-order valence-electron chi connectivity index (χ0n) is 8.61. The zero-order chi connectivity index (χ0) is 9.97. The molecule has 0 saturated carbocycles. The van der Waals surface area contributed by atoms with Gasteiger partial charge in [-0.3, -0.25) is 0 Å². The van der Waals surface area contributed by atoms with E-state index in [2.05, 4.69) is 0 Å². The first kappa shape index (κ1) is 9.77. The molecule has 2 amide bonds. The number of urea groups is 1. The number of hydrogen-bond donors (Lipinski definition) is 1. The van der Waals surface area contributed by atoms with Crippen LogP contribution in [0.15, 0.2) is 0 Å². The summed E-state index contributed by atoms with van der Waals surface area (Å²) in [6.45, 7) is 3.40. The first-order valence-electron chi connectivity index (χ1n) is 5.58. The van der Waals surface area contributed by atoms with Gasteiger partial charge in [0.05, 0.1) is 6.04 Å². The first-order valence-corrected chi connectivity index (χ1v) is 5.58. The fraction of sp³-hybridized carbons (Fsp3) is 0.900. The highest BCUT2D eigenvalue weighted by Crippen LogP contribution is 2.25. The van der Waals surface area contributed by atoms with Gasteiger partial charge >= 0.3 is 6.03 Å². The number of rotatable bonds is 3. The number of amides is 2. The quantitative estimate of drug-likeness (QED) is 0.721. The van der Waals surface area contributed by atoms with Crippen LogP contribution in [-0.4, -0.2) is 48.1 Å². The molecule has 0 unspecified atom stereocenters. The van der Waals surface area contributed by atoms with E-state index in [1.807, 2.05) is 9.80 Å². The Morgan fingerprint density at radius 3 is 3.00 bits per heavy atom. The number of carbonyl (C=O) groups is 1. The second kappa shape index (κ2) is 4.17. The van der Waals surface area contributed by atoms with E-state index in [4.69, 9.17) is 5.73 Å². The minimum absolute atomic E-state index is 0.239. The molecule has 0 aromatic heterocycles. The maximum Gasteiger partial charge on any atom is 0.320 e. The molecule has 2 heterocycles. The molecular weight excluding hydrogens is 178 g/mol. The fourth-order valence-corrected chi connectivity index (χ4v) is 2.43. The molecule has 2 fully saturated rings. The van der Waals surface area contributed by atoms with Crippen LogP contribution in [0.5, 0.6) is 0 Å². The summed E-state index contributed by atoms with van der Waals surface area (Å²) in [4.78, 5) is 15.9. The van der Waals surface area contributed by atoms with Gasteiger partial charge < -0.3 is 15.5 Å². The van der Waals surface area contributed by atoms with E-state index in [0.717, 1.165) is 26.1 Å². The second-order valence-electron chi connectivity index (χ2n) is 4.21. The van der Waals surface area contributed by atoms with Crippen molar-refractivity contribution in [1.29, 1.82) is 0 Å². The van der Waals surface area contributed by atoms with Crippen molar-refractivity contribution in [2.45, 2.75) is 31.7 Å². The standard InChI is InChI=1S/C10H19N3O/c11-5-3-6-12-8-9-4-1-2-7-13(9)10(12)14/h9H,1-8,11H2/t9-/m0/s1. The number of hydrogen-bond acceptors (Lipinski definition) is 2. The van der Waals surface area contributed by atoms with E-state index < -0.39 is 0 Å². The SMILES string of the molecule is NCCCN1C[C@@H]2CCCCN2C1=O. The van der Waals surface area contributed by atoms with Crippen LogP contribution in [0.25, 0.3) is 0 Å². The Hall–Kier alpha value is -0.770. The molecule has 0 bridgehead atoms. The van der Waals surface area contributed by atoms with Gasteiger partial charge in [0.2, 0.25) is 0 Å². The van der Waals surface area contributed by atoms with Crippen molar-refractivity contribution in [3.05, 3.63) is 0 Å². The third-order valence-electron chi connectivity index (χ3n) is 3.21. The Morgan fingerprint density at radius 2 is 2.29 bits per heavy atom. The molecule has 4 nitrogen and oxygen atoms in total. The predicted octanol–water partition coefficient (Wildman–Crippen LogP) is 0.625. The third-order valence-corrected chi connectivity index (χ3v) is 3.21. The molecule has 2 aliphatic rings. The van der Waals surface area contributed by atoms with Gasteiger partial charge in [-0.15, -0.1) is 0 Å². The third kappa shape index (κ3) is 1.71. The largest absolute Gasteiger partial charge is 0.330 e. The molecule has 0 spiro atoms. The van der Waals surface area contributed by atoms with Crippen molar-refractivity contribution < 1.29 is 4.79 Å². The van der Waals surface area contributed by atoms with Crippen LogP contribution in [0.1, 0.15) is 25.7 Å². The van der Waals surface area contributed by atoms with Gasteiger partial charge in [0.1, 0.15) is 0 Å². The minimum atomic E-state index is 0.239. The van der Waals surface area contributed by atoms with Gasteiger partial charge in [-0.05, 0) is 32.2 Å². The van der Waals surface area contributed by atoms with Crippen LogP contribution in [0, 0.1) is 0 Å². The lowest BCUT2D eigenvalue weighted by Gasteiger charge is -2.27. The van der Waals surface area contributed by atoms with Crippen LogP contribution < -0.4 is 5.73 Å². The van der Waals surface area contributed by atoms with Gasteiger partial charge in [0, 0.05) is 19.6 Å². The number of fused-ring (bicyclic) bond motifs is 1. The smallest absolute Gasteiger partial charge is 0.320 e. The Bertz CT molecular complexity index is 219. The van der Waals surface area contributed by atoms with E-state index in [1.165, 1.54) is 19.3 Å². The molecule has 0 aliphatic carbocycles. The average Bonchev–Trinajstić information content (AvgIpc) is 2.54. The van der Waals surface area contributed by atoms with Gasteiger partial charge in [-0.1, -0.05) is 0 Å². The second-order valence-corrected chi connectivity index (χ2v) is 4.21. The maximum absolute atomic E-state index is 11.9. The Kier molecular flexibility index (Phi) is 2.91. The normalized spacial score (nSPS) is 26.9. The molecule has 0 aromatic carbocycles. The summed E-state index contributed by atoms with van der Waals surface area (Å²) >= 11 is 0. The van der Waals surface area contributed by atoms with Crippen molar-refractivity contribution in [3.8, 4) is 0 Å². The number of piperidine rings is 1. The summed E-state index contributed by atoms with van der Waals surface area (Å²) in [5, 5.41) is 0. The summed E-state index contributed by atoms with van der Waals surface area (Å²) in [6, 6.07) is 0.733. The van der Waals surface area contributed by atoms with Crippen molar-refractivity contribution in [2.24, 2.45) is 5.73 Å². The van der Waals surface area contributed by atoms with Gasteiger partial charge in [0.15, 0.2) is 0 Å². The number of nitrogens with two attached hydrogens (primary N) is 1. The topological polar surface area (TPSA) is 49.6 Å². The van der Waals surface area contributed by atoms with E-state index in [-0.39, 0.29) is 6.03 Å². The number of carbonyl (C=O) groups excluding carboxylic acids is 1. The molecule has 2 aliphatic heterocycles. The van der Waals surface area contributed by atoms with Crippen molar-refractivity contribution in [2.75, 3.05) is 26.2 Å². The fourth-order valence-electron chi connectivity index (χ4n) is 2.43. The molecule has 2 rings (SSSR count). The van der Waals surface area contributed by atoms with Crippen molar-refractivity contribution in [3.63, 3.8) is 0 Å². The molecule has 2 N–H and O–H groups in total. The summed E-state index contributed by atoms with van der Waals surface area (Å²) in [7, 11) is 0. The van der Waals surface area contributed by atoms with Gasteiger partial charge in [0.25, 0.3) is 0 Å². The Labute approximate surface area is 85.0 Å². The average molecular weight is 197 g/mol. The van der Waals surface area contributed by atoms with Crippen molar-refractivity contribution >= 4 is 6.03 Å². The molecular formula is C10H19N3O. The molecule has 80 valence electrons. The Morgan fingerprint density at radius 1 is 1.43 bits per heavy atom. The van der Waals surface area contributed by atoms with Crippen LogP contribution in [0.2, 0.25) is 0 Å². The van der Waals surface area contributed by atoms with E-state index in [1.54, 1.807) is 0 Å². The first-order chi connectivity index (χ1) is 6.83. The van der Waals surface area contributed by atoms with E-state index in [9.17, 15) is 4.79 Å². The van der Waals surface area contributed by atoms with E-state index in [0.29, 0.717) is 12.6 Å². The predicted molar refractivity (Wildman–Crippen MR) is 55.0 cm³/mol. The highest BCUT2D eigenvalue weighted by Gasteiger charge is 2.37. The van der Waals surface area contributed by atoms with Crippen LogP contribution >= 0.6 is 0 Å². The lowest BCUT2D eigenvalue weighted by Crippen LogP contribution is -2.38. The van der Waals surface area contributed by atoms with Crippen LogP contribution in [0.3, 0.4) is 0 Å². The van der Waals surface area contributed by atoms with Crippen molar-refractivity contribution in [1.82, 2.24) is 9.80 Å². The maximum atomic E-state index is 11.9. The zero-order valence-corrected chi connectivity index (χ0v) is 8.61. The molecule has 0 radical (unpaired) electrons. The Balaban J connectivity index is 1.92. The lowest BCUT2D eigenvalue weighted by molar-refractivity contribution is 0.175. The summed E-state index contributed by atoms with van der Waals surface area (Å²) < 4.78 is 0. The van der Waals surface area contributed by atoms with Gasteiger partial charge in [-0.2, -0.15) is 0 Å². The van der Waals surface area contributed by atoms with Crippen LogP contribution in [0.4, 0.5) is 4.79 Å². The summed E-state index contributed by atoms with van der Waals surface area (Å²) in [5.74, 6) is 0. The summed E-state index contributed by atoms with van der Waals surface area (Å²) in [5.41, 5.74) is 5.45. The molecule has 0 aromatic rings. The molecule has 14 heavy (non-hydrogen) atoms. The molecule has 2 saturated heterocycles. The highest BCUT2D eigenvalue weighted by atomic mass is 16.2. The van der Waals surface area contributed by atoms with Crippen LogP contribution in [-0.2, 0) is 0 Å². The van der Waals surface area contributed by atoms with Gasteiger partial charge in [-0.25, -0.2) is 4.79 Å². The van der Waals surface area contributed by atoms with E-state index >= 15 is 0 Å². The molecule has 4 heteroatoms. The minimum Gasteiger partial charge on any atom is -0.330 e. The molecule has 1 atom stereocenters. The lowest BCUT2D eigenvalue weighted by atomic mass is 10.0.